The molecule has 4 fully saturated rings. The van der Waals surface area contributed by atoms with Crippen molar-refractivity contribution in [1.82, 2.24) is 56.8 Å². The smallest absolute Gasteiger partial charge is 0.410 e. The van der Waals surface area contributed by atoms with E-state index in [2.05, 4.69) is 135 Å². The molecule has 6 bridgehead atoms. The maximum absolute atomic E-state index is 13.7. The van der Waals surface area contributed by atoms with Crippen molar-refractivity contribution in [1.29, 1.82) is 0 Å². The number of aromatic hydroxyl groups is 1. The highest BCUT2D eigenvalue weighted by Gasteiger charge is 2.74. The monoisotopic (exact) mass is 2040 g/mol. The molecular weight excluding hydrogens is 1870 g/mol. The molecule has 3 saturated heterocycles. The number of phenols is 1. The van der Waals surface area contributed by atoms with Gasteiger partial charge in [0.1, 0.15) is 29.5 Å². The van der Waals surface area contributed by atoms with Gasteiger partial charge in [0.2, 0.25) is 17.7 Å². The maximum atomic E-state index is 13.7. The summed E-state index contributed by atoms with van der Waals surface area (Å²) >= 11 is 0. The van der Waals surface area contributed by atoms with Crippen LogP contribution in [0.2, 0.25) is 0 Å². The van der Waals surface area contributed by atoms with E-state index in [0.29, 0.717) is 139 Å². The van der Waals surface area contributed by atoms with E-state index < -0.39 is 24.3 Å². The quantitative estimate of drug-likeness (QED) is 0.00821. The predicted octanol–water partition coefficient (Wildman–Crippen LogP) is 11.7. The number of Topliss-reactive ketones (excluding diaryl/α,β-unsaturated/α-hetero) is 2. The highest BCUT2D eigenvalue weighted by Crippen LogP contribution is 2.73. The number of benzene rings is 3. The molecule has 1 saturated carbocycles. The second-order valence-corrected chi connectivity index (χ2v) is 44.4. The summed E-state index contributed by atoms with van der Waals surface area (Å²) in [6, 6.07) is 11.7. The molecule has 16 N–H and O–H groups in total. The molecular formula is C113H177N17O17. The Morgan fingerprint density at radius 2 is 0.898 bits per heavy atom. The number of carbonyl (C=O) groups is 8. The molecule has 147 heavy (non-hydrogen) atoms. The number of hydrogen-bond acceptors (Lipinski definition) is 26. The Morgan fingerprint density at radius 3 is 1.36 bits per heavy atom. The zero-order valence-corrected chi connectivity index (χ0v) is 91.3. The number of likely N-dealkylation sites (tertiary alicyclic amines) is 3. The van der Waals surface area contributed by atoms with Gasteiger partial charge in [0.15, 0.2) is 64.4 Å². The van der Waals surface area contributed by atoms with Crippen LogP contribution in [0.3, 0.4) is 0 Å². The van der Waals surface area contributed by atoms with E-state index in [1.807, 2.05) is 46.1 Å². The van der Waals surface area contributed by atoms with Crippen LogP contribution in [0.4, 0.5) is 4.79 Å². The molecule has 15 rings (SSSR count). The molecule has 3 aromatic rings. The number of nitrogens with zero attached hydrogens (tertiary/aromatic N) is 6. The fourth-order valence-electron chi connectivity index (χ4n) is 27.8. The number of rotatable bonds is 54. The zero-order chi connectivity index (χ0) is 106. The number of hydrogen-bond donors (Lipinski definition) is 12. The van der Waals surface area contributed by atoms with Gasteiger partial charge in [-0.3, -0.25) is 43.5 Å². The van der Waals surface area contributed by atoms with Crippen molar-refractivity contribution >= 4 is 59.2 Å². The van der Waals surface area contributed by atoms with Crippen molar-refractivity contribution in [2.45, 2.75) is 369 Å². The molecule has 4 amide bonds. The molecule has 6 heterocycles. The van der Waals surface area contributed by atoms with E-state index in [4.69, 9.17) is 60.8 Å². The lowest BCUT2D eigenvalue weighted by molar-refractivity contribution is -0.151. The van der Waals surface area contributed by atoms with Crippen LogP contribution in [0.25, 0.3) is 0 Å². The number of likely N-dealkylation sites (N-methyl/N-ethyl adjacent to an activating group) is 8. The Hall–Kier alpha value is -9.84. The predicted molar refractivity (Wildman–Crippen MR) is 571 cm³/mol. The Labute approximate surface area is 873 Å². The number of aliphatic imine (C=N–C) groups is 2. The third-order valence-electron chi connectivity index (χ3n) is 36.4. The molecule has 3 aromatic carbocycles. The van der Waals surface area contributed by atoms with Gasteiger partial charge < -0.3 is 123 Å². The van der Waals surface area contributed by atoms with Crippen LogP contribution in [0, 0.1) is 28.1 Å². The molecule has 20 atom stereocenters. The van der Waals surface area contributed by atoms with E-state index in [0.717, 1.165) is 196 Å². The van der Waals surface area contributed by atoms with Crippen LogP contribution in [0.5, 0.6) is 34.5 Å². The Kier molecular flexibility index (Phi) is 39.5. The average molecular weight is 2050 g/mol. The Bertz CT molecular complexity index is 5200. The molecule has 34 heteroatoms. The van der Waals surface area contributed by atoms with Crippen molar-refractivity contribution in [3.63, 3.8) is 0 Å². The normalized spacial score (nSPS) is 26.9. The van der Waals surface area contributed by atoms with Gasteiger partial charge in [-0.05, 0) is 295 Å². The summed E-state index contributed by atoms with van der Waals surface area (Å²) in [5.74, 6) is 4.38. The van der Waals surface area contributed by atoms with Gasteiger partial charge in [-0.25, -0.2) is 4.79 Å². The van der Waals surface area contributed by atoms with Crippen molar-refractivity contribution in [2.24, 2.45) is 61.0 Å². The first-order valence-corrected chi connectivity index (χ1v) is 55.4. The first-order valence-electron chi connectivity index (χ1n) is 55.4. The van der Waals surface area contributed by atoms with Crippen LogP contribution < -0.4 is 83.8 Å². The molecule has 2 unspecified atom stereocenters. The van der Waals surface area contributed by atoms with Crippen LogP contribution >= 0.6 is 0 Å². The minimum absolute atomic E-state index is 0.0148. The third kappa shape index (κ3) is 23.3. The summed E-state index contributed by atoms with van der Waals surface area (Å²) in [4.78, 5) is 122. The molecule has 34 nitrogen and oxygen atoms in total. The number of amides is 4. The number of allylic oxidation sites excluding steroid dienone is 2. The van der Waals surface area contributed by atoms with E-state index in [1.165, 1.54) is 45.6 Å². The Morgan fingerprint density at radius 1 is 0.483 bits per heavy atom. The van der Waals surface area contributed by atoms with Crippen LogP contribution in [-0.2, 0) is 83.3 Å². The van der Waals surface area contributed by atoms with Crippen molar-refractivity contribution in [3.8, 4) is 34.5 Å². The van der Waals surface area contributed by atoms with Gasteiger partial charge >= 0.3 is 18.0 Å². The van der Waals surface area contributed by atoms with Gasteiger partial charge in [-0.15, -0.1) is 0 Å². The lowest BCUT2D eigenvalue weighted by atomic mass is 9.44. The van der Waals surface area contributed by atoms with Crippen LogP contribution in [0.15, 0.2) is 70.1 Å². The molecule has 3 spiro atoms. The number of guanidine groups is 2. The van der Waals surface area contributed by atoms with E-state index in [1.54, 1.807) is 48.4 Å². The number of phenolic OH excluding ortho intramolecular Hbond substituents is 1. The molecule has 12 aliphatic rings. The van der Waals surface area contributed by atoms with Crippen LogP contribution in [-0.4, -0.2) is 280 Å². The number of esters is 2. The van der Waals surface area contributed by atoms with Crippen LogP contribution in [0.1, 0.15) is 294 Å². The van der Waals surface area contributed by atoms with Crippen molar-refractivity contribution in [3.05, 3.63) is 93.4 Å². The number of ether oxygens (including phenoxy) is 8. The summed E-state index contributed by atoms with van der Waals surface area (Å²) in [7, 11) is 18.9. The number of ketones is 2. The lowest BCUT2D eigenvalue weighted by Gasteiger charge is -2.65. The molecule has 6 aliphatic heterocycles. The molecule has 0 aromatic heterocycles. The van der Waals surface area contributed by atoms with E-state index in [-0.39, 0.29) is 140 Å². The first kappa shape index (κ1) is 114. The summed E-state index contributed by atoms with van der Waals surface area (Å²) in [5.41, 5.74) is 28.0. The number of carbonyl (C=O) groups excluding carboxylic acids is 8. The second kappa shape index (κ2) is 50.9. The maximum Gasteiger partial charge on any atom is 0.410 e. The van der Waals surface area contributed by atoms with E-state index >= 15 is 0 Å². The topological polar surface area (TPSA) is 457 Å². The summed E-state index contributed by atoms with van der Waals surface area (Å²) in [5, 5.41) is 32.6. The lowest BCUT2D eigenvalue weighted by Crippen LogP contribution is -2.72. The van der Waals surface area contributed by atoms with Gasteiger partial charge in [0, 0.05) is 104 Å². The largest absolute Gasteiger partial charge is 0.504 e. The summed E-state index contributed by atoms with van der Waals surface area (Å²) in [6.45, 7) is 20.7. The second-order valence-electron chi connectivity index (χ2n) is 44.4. The minimum Gasteiger partial charge on any atom is -0.504 e. The molecule has 6 aliphatic carbocycles. The summed E-state index contributed by atoms with van der Waals surface area (Å²) in [6.07, 6.45) is 31.0. The van der Waals surface area contributed by atoms with Gasteiger partial charge in [0.25, 0.3) is 0 Å². The standard InChI is InChI=1S/C42H67N7O6.C42H67N5O6.C29H43N5O5/c1-7-27(14-10-12-23-47-38(51)30(46-4)16-8-9-17-31(50)29(45-3)15-11-13-24-48-40(43)44)39(52)54-33-20-21-41(2)34-26-28-18-19-32(53-6)36-35(28)42(41,37(33)55-36)22-25-49(34)5;1-7-9-10-11-17-30(43-4)38(49)46-25-15-13-18-31(44-5)39(50)45-24-14-12-16-28(8-2)40(51)52-33-21-22-41(3)34-27-29-19-20-32(48)36-35(29)42(41,37(33)53-36)23-26-47(34)6;1-6-19(35)18(8-7-14-32-26(30)31)34(4)27(36)38-21-11-12-28(2)22-16-17-9-10-20(37-5)24-23(17)29(28,25(21)39-24)13-15-33(22)3/h18-20,27,29-30,34,37,45-46H,7-17,21-26H2,1-6H3,(H,47,51)(H4,43,44,48);19-21,28,30-31,34,37,43-44,48H,7-18,22-27H2,1-6H3,(H,45,50)(H,46,49);9-10,18,21-22,25H,6-8,11-16H2,1-5H3,(H4,30,31,32)/t27-,29?,30-,34+,37-,41-,42-;28-,30-,31-,34+,37-,41-,42-;18-,21?,22+,25-,28-,29-/m000/s1. The minimum atomic E-state index is -0.598. The fraction of sp³-hybridized carbons (Fsp3) is 0.717. The number of methoxy groups -OCH3 is 2. The van der Waals surface area contributed by atoms with E-state index in [9.17, 15) is 43.5 Å². The third-order valence-corrected chi connectivity index (χ3v) is 36.4. The highest BCUT2D eigenvalue weighted by molar-refractivity contribution is 5.88. The summed E-state index contributed by atoms with van der Waals surface area (Å²) < 4.78 is 50.5. The van der Waals surface area contributed by atoms with Gasteiger partial charge in [-0.2, -0.15) is 0 Å². The SMILES string of the molecule is CCC(=O)[C@H](CCCN=C(N)N)N(C)C(=O)OC1CC[C@@]2(C)[C@H]3Cc4ccc(OC)c5c4[C@@]2(CCN3C)[C@H]1O5.CCCCCC[C@H](NC)C(=O)NCCCC[C@H](NC)C(=O)NCCCC[C@H](CC)C(=O)OC1=CC[C@@]2(C)[C@H]3Cc4ccc(O)c5c4[C@@]2(CCN3C)[C@H]1O5.CC[C@@H](CCCCNC(=O)[C@H](CCCCC(=O)C(CCCCN=C(N)N)NC)NC)C(=O)OC1=CC[C@@]2(C)[C@H]3Cc4ccc(OC)c5c4[C@@]2(CCN3C)[C@H]1O5. The Balaban J connectivity index is 0.000000187. The first-order chi connectivity index (χ1) is 70.6. The van der Waals surface area contributed by atoms with Crippen molar-refractivity contribution in [2.75, 3.05) is 123 Å². The fourth-order valence-corrected chi connectivity index (χ4v) is 27.8. The van der Waals surface area contributed by atoms with Gasteiger partial charge in [-0.1, -0.05) is 112 Å². The number of nitrogens with one attached hydrogen (secondary N) is 7. The number of unbranched alkanes of at least 4 members (excludes halogenated alkanes) is 8. The van der Waals surface area contributed by atoms with Crippen molar-refractivity contribution < 1.29 is 81.4 Å². The van der Waals surface area contributed by atoms with Gasteiger partial charge in [0.05, 0.1) is 67.1 Å². The average Bonchev–Trinajstić information content (AvgIpc) is 1.48. The molecule has 0 radical (unpaired) electrons. The number of nitrogens with two attached hydrogens (primary N) is 4. The zero-order valence-electron chi connectivity index (χ0n) is 91.3. The molecule has 816 valence electrons. The highest BCUT2D eigenvalue weighted by atomic mass is 16.6. The number of piperidine rings is 3.